The van der Waals surface area contributed by atoms with E-state index in [1.54, 1.807) is 31.7 Å². The summed E-state index contributed by atoms with van der Waals surface area (Å²) in [5.74, 6) is -1.23. The van der Waals surface area contributed by atoms with E-state index in [1.807, 2.05) is 13.8 Å². The molecule has 26 heavy (non-hydrogen) atoms. The van der Waals surface area contributed by atoms with Gasteiger partial charge in [-0.2, -0.15) is 0 Å². The Kier molecular flexibility index (Phi) is 7.61. The summed E-state index contributed by atoms with van der Waals surface area (Å²) in [6, 6.07) is 4.59. The maximum absolute atomic E-state index is 12.3. The molecule has 1 aromatic carbocycles. The van der Waals surface area contributed by atoms with Crippen molar-refractivity contribution in [1.82, 2.24) is 10.2 Å². The first-order chi connectivity index (χ1) is 12.2. The molecule has 2 rings (SSSR count). The summed E-state index contributed by atoms with van der Waals surface area (Å²) >= 11 is 0. The highest BCUT2D eigenvalue weighted by molar-refractivity contribution is 6.00. The molecule has 0 unspecified atom stereocenters. The lowest BCUT2D eigenvalue weighted by Crippen LogP contribution is -2.34. The third-order valence-corrected chi connectivity index (χ3v) is 3.51. The predicted octanol–water partition coefficient (Wildman–Crippen LogP) is 3.28. The number of ether oxygens (including phenoxy) is 1. The number of nitrogens with zero attached hydrogens (tertiary/aromatic N) is 1. The molecule has 0 bridgehead atoms. The van der Waals surface area contributed by atoms with E-state index < -0.39 is 17.7 Å². The molecule has 7 heteroatoms. The number of hydrogen-bond donors (Lipinski definition) is 2. The molecule has 2 amide bonds. The van der Waals surface area contributed by atoms with Gasteiger partial charge in [-0.1, -0.05) is 19.9 Å². The van der Waals surface area contributed by atoms with Crippen LogP contribution in [0.2, 0.25) is 0 Å². The van der Waals surface area contributed by atoms with Gasteiger partial charge in [0.15, 0.2) is 0 Å². The SMILES string of the molecule is CC.CC(C)(C)OC(=O)NCCCN1Cc2ccc(C(=O)O)cc2C1=O. The highest BCUT2D eigenvalue weighted by Gasteiger charge is 2.27. The summed E-state index contributed by atoms with van der Waals surface area (Å²) < 4.78 is 5.13. The van der Waals surface area contributed by atoms with Crippen LogP contribution in [0.25, 0.3) is 0 Å². The van der Waals surface area contributed by atoms with E-state index in [0.29, 0.717) is 31.6 Å². The third-order valence-electron chi connectivity index (χ3n) is 3.51. The average Bonchev–Trinajstić information content (AvgIpc) is 2.87. The molecular weight excluding hydrogens is 336 g/mol. The highest BCUT2D eigenvalue weighted by Crippen LogP contribution is 2.24. The molecule has 7 nitrogen and oxygen atoms in total. The van der Waals surface area contributed by atoms with Crippen LogP contribution >= 0.6 is 0 Å². The van der Waals surface area contributed by atoms with E-state index in [4.69, 9.17) is 9.84 Å². The van der Waals surface area contributed by atoms with Gasteiger partial charge in [-0.05, 0) is 44.9 Å². The molecule has 1 aromatic rings. The second kappa shape index (κ2) is 9.22. The fourth-order valence-electron chi connectivity index (χ4n) is 2.45. The Balaban J connectivity index is 0.00000163. The summed E-state index contributed by atoms with van der Waals surface area (Å²) in [5, 5.41) is 11.6. The Labute approximate surface area is 154 Å². The molecule has 0 aliphatic carbocycles. The number of amides is 2. The molecule has 0 atom stereocenters. The van der Waals surface area contributed by atoms with Gasteiger partial charge >= 0.3 is 12.1 Å². The smallest absolute Gasteiger partial charge is 0.407 e. The number of hydrogen-bond acceptors (Lipinski definition) is 4. The lowest BCUT2D eigenvalue weighted by molar-refractivity contribution is 0.0525. The Morgan fingerprint density at radius 1 is 1.27 bits per heavy atom. The van der Waals surface area contributed by atoms with Gasteiger partial charge in [0.1, 0.15) is 5.60 Å². The molecule has 0 radical (unpaired) electrons. The fourth-order valence-corrected chi connectivity index (χ4v) is 2.45. The molecule has 0 saturated heterocycles. The van der Waals surface area contributed by atoms with Crippen molar-refractivity contribution >= 4 is 18.0 Å². The van der Waals surface area contributed by atoms with Crippen LogP contribution in [0.4, 0.5) is 4.79 Å². The maximum Gasteiger partial charge on any atom is 0.407 e. The van der Waals surface area contributed by atoms with Crippen molar-refractivity contribution in [2.45, 2.75) is 53.2 Å². The molecule has 0 aromatic heterocycles. The van der Waals surface area contributed by atoms with E-state index in [1.165, 1.54) is 12.1 Å². The number of nitrogens with one attached hydrogen (secondary N) is 1. The number of rotatable bonds is 5. The highest BCUT2D eigenvalue weighted by atomic mass is 16.6. The van der Waals surface area contributed by atoms with Crippen molar-refractivity contribution in [3.63, 3.8) is 0 Å². The zero-order valence-corrected chi connectivity index (χ0v) is 16.1. The molecule has 144 valence electrons. The fraction of sp³-hybridized carbons (Fsp3) is 0.526. The zero-order valence-electron chi connectivity index (χ0n) is 16.1. The first kappa shape index (κ1) is 21.5. The summed E-state index contributed by atoms with van der Waals surface area (Å²) in [5.41, 5.74) is 0.828. The van der Waals surface area contributed by atoms with Crippen molar-refractivity contribution in [1.29, 1.82) is 0 Å². The molecule has 0 fully saturated rings. The molecule has 1 aliphatic rings. The number of alkyl carbamates (subject to hydrolysis) is 1. The molecule has 1 heterocycles. The largest absolute Gasteiger partial charge is 0.478 e. The number of fused-ring (bicyclic) bond motifs is 1. The quantitative estimate of drug-likeness (QED) is 0.782. The van der Waals surface area contributed by atoms with E-state index in [2.05, 4.69) is 5.32 Å². The minimum atomic E-state index is -1.05. The first-order valence-electron chi connectivity index (χ1n) is 8.80. The van der Waals surface area contributed by atoms with Crippen LogP contribution in [0.3, 0.4) is 0 Å². The summed E-state index contributed by atoms with van der Waals surface area (Å²) in [6.07, 6.45) is 0.106. The molecular formula is C19H28N2O5. The van der Waals surface area contributed by atoms with Gasteiger partial charge in [-0.3, -0.25) is 4.79 Å². The van der Waals surface area contributed by atoms with Gasteiger partial charge in [-0.15, -0.1) is 0 Å². The zero-order chi connectivity index (χ0) is 19.9. The van der Waals surface area contributed by atoms with Crippen molar-refractivity contribution in [3.05, 3.63) is 34.9 Å². The monoisotopic (exact) mass is 364 g/mol. The number of carbonyl (C=O) groups excluding carboxylic acids is 2. The van der Waals surface area contributed by atoms with E-state index in [-0.39, 0.29) is 11.5 Å². The molecule has 1 aliphatic heterocycles. The molecule has 0 spiro atoms. The van der Waals surface area contributed by atoms with Crippen molar-refractivity contribution in [2.75, 3.05) is 13.1 Å². The first-order valence-corrected chi connectivity index (χ1v) is 8.80. The number of carboxylic acids is 1. The van der Waals surface area contributed by atoms with Crippen LogP contribution in [-0.2, 0) is 11.3 Å². The number of carbonyl (C=O) groups is 3. The van der Waals surface area contributed by atoms with Crippen LogP contribution in [0.5, 0.6) is 0 Å². The number of aromatic carboxylic acids is 1. The van der Waals surface area contributed by atoms with Crippen LogP contribution < -0.4 is 5.32 Å². The molecule has 0 saturated carbocycles. The molecule has 2 N–H and O–H groups in total. The average molecular weight is 364 g/mol. The Bertz CT molecular complexity index is 664. The lowest BCUT2D eigenvalue weighted by Gasteiger charge is -2.20. The van der Waals surface area contributed by atoms with Crippen LogP contribution in [0.15, 0.2) is 18.2 Å². The third kappa shape index (κ3) is 6.06. The van der Waals surface area contributed by atoms with Crippen molar-refractivity contribution in [3.8, 4) is 0 Å². The summed E-state index contributed by atoms with van der Waals surface area (Å²) in [4.78, 5) is 36.5. The van der Waals surface area contributed by atoms with Gasteiger partial charge < -0.3 is 20.1 Å². The van der Waals surface area contributed by atoms with Gasteiger partial charge in [0.2, 0.25) is 0 Å². The second-order valence-electron chi connectivity index (χ2n) is 6.69. The Morgan fingerprint density at radius 3 is 2.50 bits per heavy atom. The van der Waals surface area contributed by atoms with Crippen molar-refractivity contribution < 1.29 is 24.2 Å². The van der Waals surface area contributed by atoms with E-state index >= 15 is 0 Å². The number of benzene rings is 1. The van der Waals surface area contributed by atoms with Gasteiger partial charge in [0, 0.05) is 25.2 Å². The van der Waals surface area contributed by atoms with Crippen LogP contribution in [0, 0.1) is 0 Å². The minimum Gasteiger partial charge on any atom is -0.478 e. The minimum absolute atomic E-state index is 0.107. The van der Waals surface area contributed by atoms with Crippen LogP contribution in [0.1, 0.15) is 67.3 Å². The predicted molar refractivity (Wildman–Crippen MR) is 98.3 cm³/mol. The maximum atomic E-state index is 12.3. The summed E-state index contributed by atoms with van der Waals surface area (Å²) in [6.45, 7) is 10.7. The van der Waals surface area contributed by atoms with E-state index in [0.717, 1.165) is 5.56 Å². The standard InChI is InChI=1S/C17H22N2O5.C2H6/c1-17(2,3)24-16(23)18-7-4-8-19-10-12-6-5-11(15(21)22)9-13(12)14(19)20;1-2/h5-6,9H,4,7-8,10H2,1-3H3,(H,18,23)(H,21,22);1-2H3. The second-order valence-corrected chi connectivity index (χ2v) is 6.69. The van der Waals surface area contributed by atoms with Crippen molar-refractivity contribution in [2.24, 2.45) is 0 Å². The Morgan fingerprint density at radius 2 is 1.92 bits per heavy atom. The topological polar surface area (TPSA) is 95.9 Å². The lowest BCUT2D eigenvalue weighted by atomic mass is 10.1. The van der Waals surface area contributed by atoms with Gasteiger partial charge in [-0.25, -0.2) is 9.59 Å². The Hall–Kier alpha value is -2.57. The van der Waals surface area contributed by atoms with E-state index in [9.17, 15) is 14.4 Å². The van der Waals surface area contributed by atoms with Crippen LogP contribution in [-0.4, -0.2) is 46.7 Å². The van der Waals surface area contributed by atoms with Gasteiger partial charge in [0.05, 0.1) is 5.56 Å². The van der Waals surface area contributed by atoms with Gasteiger partial charge in [0.25, 0.3) is 5.91 Å². The normalized spacial score (nSPS) is 12.8. The number of carboxylic acid groups (broad SMARTS) is 1. The summed E-state index contributed by atoms with van der Waals surface area (Å²) in [7, 11) is 0.